The number of aromatic carboxylic acids is 1. The van der Waals surface area contributed by atoms with Crippen molar-refractivity contribution in [2.24, 2.45) is 0 Å². The molecule has 0 unspecified atom stereocenters. The summed E-state index contributed by atoms with van der Waals surface area (Å²) in [7, 11) is 0. The van der Waals surface area contributed by atoms with Crippen LogP contribution in [-0.4, -0.2) is 25.7 Å². The zero-order valence-electron chi connectivity index (χ0n) is 6.31. The summed E-state index contributed by atoms with van der Waals surface area (Å²) < 4.78 is 1.79. The first-order valence-corrected chi connectivity index (χ1v) is 4.22. The van der Waals surface area contributed by atoms with E-state index in [1.165, 1.54) is 10.6 Å². The van der Waals surface area contributed by atoms with Gasteiger partial charge in [0.2, 0.25) is 4.73 Å². The van der Waals surface area contributed by atoms with E-state index in [-0.39, 0.29) is 5.56 Å². The van der Waals surface area contributed by atoms with Crippen LogP contribution >= 0.6 is 15.9 Å². The monoisotopic (exact) mass is 241 g/mol. The van der Waals surface area contributed by atoms with Gasteiger partial charge in [-0.25, -0.2) is 14.3 Å². The summed E-state index contributed by atoms with van der Waals surface area (Å²) in [6.45, 7) is 0. The van der Waals surface area contributed by atoms with Crippen LogP contribution in [0.5, 0.6) is 0 Å². The topological polar surface area (TPSA) is 67.5 Å². The number of halogens is 1. The molecule has 0 aliphatic carbocycles. The van der Waals surface area contributed by atoms with Crippen LogP contribution in [0.3, 0.4) is 0 Å². The van der Waals surface area contributed by atoms with Crippen LogP contribution in [0.4, 0.5) is 0 Å². The van der Waals surface area contributed by atoms with Crippen LogP contribution < -0.4 is 0 Å². The SMILES string of the molecule is O=C(O)c1cccn2nc(Br)nc12. The minimum absolute atomic E-state index is 0.140. The van der Waals surface area contributed by atoms with Crippen LogP contribution in [-0.2, 0) is 0 Å². The summed E-state index contributed by atoms with van der Waals surface area (Å²) in [5.41, 5.74) is 0.475. The predicted molar refractivity (Wildman–Crippen MR) is 47.6 cm³/mol. The molecule has 2 heterocycles. The zero-order valence-corrected chi connectivity index (χ0v) is 7.89. The smallest absolute Gasteiger partial charge is 0.339 e. The van der Waals surface area contributed by atoms with Crippen LogP contribution in [0.15, 0.2) is 23.1 Å². The number of rotatable bonds is 1. The molecule has 0 amide bonds. The summed E-state index contributed by atoms with van der Waals surface area (Å²) in [6, 6.07) is 3.09. The van der Waals surface area contributed by atoms with Gasteiger partial charge in [-0.05, 0) is 28.1 Å². The quantitative estimate of drug-likeness (QED) is 0.815. The second-order valence-corrected chi connectivity index (χ2v) is 3.09. The zero-order chi connectivity index (χ0) is 9.42. The molecular formula is C7H4BrN3O2. The molecule has 0 bridgehead atoms. The molecule has 0 radical (unpaired) electrons. The molecule has 0 aliphatic rings. The Kier molecular flexibility index (Phi) is 1.77. The van der Waals surface area contributed by atoms with Crippen LogP contribution in [0.25, 0.3) is 5.65 Å². The van der Waals surface area contributed by atoms with Crippen LogP contribution in [0, 0.1) is 0 Å². The lowest BCUT2D eigenvalue weighted by Crippen LogP contribution is -2.00. The lowest BCUT2D eigenvalue weighted by atomic mass is 10.3. The van der Waals surface area contributed by atoms with Crippen molar-refractivity contribution in [1.82, 2.24) is 14.6 Å². The van der Waals surface area contributed by atoms with Crippen molar-refractivity contribution in [3.63, 3.8) is 0 Å². The van der Waals surface area contributed by atoms with Gasteiger partial charge in [0.25, 0.3) is 0 Å². The highest BCUT2D eigenvalue weighted by Crippen LogP contribution is 2.11. The highest BCUT2D eigenvalue weighted by atomic mass is 79.9. The molecule has 2 aromatic rings. The van der Waals surface area contributed by atoms with E-state index in [1.807, 2.05) is 0 Å². The molecule has 0 saturated carbocycles. The van der Waals surface area contributed by atoms with E-state index in [2.05, 4.69) is 26.0 Å². The standard InChI is InChI=1S/C7H4BrN3O2/c8-7-9-5-4(6(12)13)2-1-3-11(5)10-7/h1-3H,(H,12,13). The Balaban J connectivity index is 2.82. The van der Waals surface area contributed by atoms with E-state index in [0.717, 1.165) is 0 Å². The number of carboxylic acid groups (broad SMARTS) is 1. The number of aromatic nitrogens is 3. The first kappa shape index (κ1) is 8.18. The molecule has 0 saturated heterocycles. The first-order valence-electron chi connectivity index (χ1n) is 3.42. The molecule has 2 rings (SSSR count). The Labute approximate surface area is 81.1 Å². The van der Waals surface area contributed by atoms with Crippen LogP contribution in [0.1, 0.15) is 10.4 Å². The molecule has 13 heavy (non-hydrogen) atoms. The molecule has 0 aromatic carbocycles. The Morgan fingerprint density at radius 1 is 1.62 bits per heavy atom. The van der Waals surface area contributed by atoms with Gasteiger partial charge in [-0.2, -0.15) is 0 Å². The van der Waals surface area contributed by atoms with Gasteiger partial charge in [-0.1, -0.05) is 0 Å². The average Bonchev–Trinajstić information content (AvgIpc) is 2.43. The van der Waals surface area contributed by atoms with Crippen molar-refractivity contribution in [2.75, 3.05) is 0 Å². The third kappa shape index (κ3) is 1.29. The lowest BCUT2D eigenvalue weighted by Gasteiger charge is -1.94. The van der Waals surface area contributed by atoms with Crippen molar-refractivity contribution in [2.45, 2.75) is 0 Å². The summed E-state index contributed by atoms with van der Waals surface area (Å²) >= 11 is 3.07. The van der Waals surface area contributed by atoms with Gasteiger partial charge in [0.1, 0.15) is 5.56 Å². The fraction of sp³-hybridized carbons (Fsp3) is 0. The summed E-state index contributed by atoms with van der Waals surface area (Å²) in [4.78, 5) is 14.6. The number of nitrogens with zero attached hydrogens (tertiary/aromatic N) is 3. The largest absolute Gasteiger partial charge is 0.478 e. The molecule has 0 aliphatic heterocycles. The van der Waals surface area contributed by atoms with Gasteiger partial charge in [0.05, 0.1) is 0 Å². The molecule has 66 valence electrons. The van der Waals surface area contributed by atoms with Gasteiger partial charge in [0, 0.05) is 6.20 Å². The molecular weight excluding hydrogens is 238 g/mol. The Morgan fingerprint density at radius 2 is 2.38 bits per heavy atom. The number of pyridine rings is 1. The molecule has 0 fully saturated rings. The average molecular weight is 242 g/mol. The number of fused-ring (bicyclic) bond motifs is 1. The van der Waals surface area contributed by atoms with Crippen molar-refractivity contribution >= 4 is 27.5 Å². The second-order valence-electron chi connectivity index (χ2n) is 2.38. The van der Waals surface area contributed by atoms with Crippen molar-refractivity contribution in [1.29, 1.82) is 0 Å². The third-order valence-electron chi connectivity index (χ3n) is 1.57. The normalized spacial score (nSPS) is 10.5. The molecule has 0 atom stereocenters. The number of hydrogen-bond donors (Lipinski definition) is 1. The number of carbonyl (C=O) groups is 1. The molecule has 0 spiro atoms. The fourth-order valence-corrected chi connectivity index (χ4v) is 1.39. The molecule has 2 aromatic heterocycles. The maximum atomic E-state index is 10.7. The van der Waals surface area contributed by atoms with Gasteiger partial charge in [-0.3, -0.25) is 0 Å². The van der Waals surface area contributed by atoms with E-state index >= 15 is 0 Å². The lowest BCUT2D eigenvalue weighted by molar-refractivity contribution is 0.0698. The van der Waals surface area contributed by atoms with Gasteiger partial charge in [-0.15, -0.1) is 5.10 Å². The van der Waals surface area contributed by atoms with E-state index in [4.69, 9.17) is 5.11 Å². The number of hydrogen-bond acceptors (Lipinski definition) is 3. The second kappa shape index (κ2) is 2.81. The van der Waals surface area contributed by atoms with Crippen molar-refractivity contribution < 1.29 is 9.90 Å². The first-order chi connectivity index (χ1) is 6.18. The number of carboxylic acids is 1. The molecule has 1 N–H and O–H groups in total. The predicted octanol–water partition coefficient (Wildman–Crippen LogP) is 1.19. The Bertz CT molecular complexity index is 480. The van der Waals surface area contributed by atoms with E-state index < -0.39 is 5.97 Å². The molecule has 6 heteroatoms. The van der Waals surface area contributed by atoms with E-state index in [1.54, 1.807) is 12.3 Å². The Hall–Kier alpha value is -1.43. The van der Waals surface area contributed by atoms with Gasteiger partial charge < -0.3 is 5.11 Å². The minimum Gasteiger partial charge on any atom is -0.478 e. The highest BCUT2D eigenvalue weighted by molar-refractivity contribution is 9.10. The summed E-state index contributed by atoms with van der Waals surface area (Å²) in [5.74, 6) is -1.01. The van der Waals surface area contributed by atoms with E-state index in [9.17, 15) is 4.79 Å². The maximum Gasteiger partial charge on any atom is 0.339 e. The van der Waals surface area contributed by atoms with Gasteiger partial charge >= 0.3 is 5.97 Å². The maximum absolute atomic E-state index is 10.7. The fourth-order valence-electron chi connectivity index (χ4n) is 1.05. The van der Waals surface area contributed by atoms with Crippen molar-refractivity contribution in [3.8, 4) is 0 Å². The van der Waals surface area contributed by atoms with Gasteiger partial charge in [0.15, 0.2) is 5.65 Å². The van der Waals surface area contributed by atoms with Crippen LogP contribution in [0.2, 0.25) is 0 Å². The van der Waals surface area contributed by atoms with E-state index in [0.29, 0.717) is 10.4 Å². The Morgan fingerprint density at radius 3 is 3.08 bits per heavy atom. The summed E-state index contributed by atoms with van der Waals surface area (Å²) in [6.07, 6.45) is 1.64. The molecule has 5 nitrogen and oxygen atoms in total. The highest BCUT2D eigenvalue weighted by Gasteiger charge is 2.11. The van der Waals surface area contributed by atoms with Crippen molar-refractivity contribution in [3.05, 3.63) is 28.6 Å². The minimum atomic E-state index is -1.01. The third-order valence-corrected chi connectivity index (χ3v) is 1.90. The summed E-state index contributed by atoms with van der Waals surface area (Å²) in [5, 5.41) is 12.7.